The minimum Gasteiger partial charge on any atom is -0.358 e. The first kappa shape index (κ1) is 21.3. The zero-order valence-electron chi connectivity index (χ0n) is 16.9. The smallest absolute Gasteiger partial charge is 0.171 e. The van der Waals surface area contributed by atoms with Crippen LogP contribution in [0, 0.1) is 26.6 Å². The van der Waals surface area contributed by atoms with Gasteiger partial charge in [-0.1, -0.05) is 17.7 Å². The van der Waals surface area contributed by atoms with Gasteiger partial charge in [-0.05, 0) is 52.0 Å². The number of hydrogen-bond acceptors (Lipinski definition) is 3. The van der Waals surface area contributed by atoms with Crippen LogP contribution in [-0.2, 0) is 19.6 Å². The number of nitrogens with zero attached hydrogens (tertiary/aromatic N) is 4. The van der Waals surface area contributed by atoms with E-state index in [9.17, 15) is 4.39 Å². The Labute approximate surface area is 180 Å². The van der Waals surface area contributed by atoms with E-state index in [1.165, 1.54) is 6.07 Å². The fourth-order valence-corrected chi connectivity index (χ4v) is 3.57. The predicted molar refractivity (Wildman–Crippen MR) is 118 cm³/mol. The van der Waals surface area contributed by atoms with Crippen LogP contribution in [0.3, 0.4) is 0 Å². The maximum absolute atomic E-state index is 14.1. The van der Waals surface area contributed by atoms with Crippen molar-refractivity contribution >= 4 is 34.6 Å². The summed E-state index contributed by atoms with van der Waals surface area (Å²) in [7, 11) is 0. The Morgan fingerprint density at radius 2 is 1.97 bits per heavy atom. The van der Waals surface area contributed by atoms with E-state index >= 15 is 0 Å². The van der Waals surface area contributed by atoms with Gasteiger partial charge in [0.25, 0.3) is 0 Å². The SMILES string of the molecule is CCn1ncc(CNC(=S)Nc2c(C)nn(Cc3c(F)cccc3Cl)c2C)c1C. The lowest BCUT2D eigenvalue weighted by Gasteiger charge is -2.12. The number of nitrogens with one attached hydrogen (secondary N) is 2. The number of hydrogen-bond donors (Lipinski definition) is 2. The maximum atomic E-state index is 14.1. The lowest BCUT2D eigenvalue weighted by atomic mass is 10.2. The first-order valence-electron chi connectivity index (χ1n) is 9.34. The molecular weight excluding hydrogens is 411 g/mol. The number of benzene rings is 1. The van der Waals surface area contributed by atoms with Crippen molar-refractivity contribution in [3.05, 3.63) is 63.4 Å². The third kappa shape index (κ3) is 4.59. The lowest BCUT2D eigenvalue weighted by molar-refractivity contribution is 0.579. The summed E-state index contributed by atoms with van der Waals surface area (Å²) in [6.07, 6.45) is 1.85. The van der Waals surface area contributed by atoms with Crippen molar-refractivity contribution in [3.63, 3.8) is 0 Å². The van der Waals surface area contributed by atoms with Gasteiger partial charge in [-0.15, -0.1) is 0 Å². The van der Waals surface area contributed by atoms with Gasteiger partial charge in [-0.25, -0.2) is 4.39 Å². The number of anilines is 1. The topological polar surface area (TPSA) is 59.7 Å². The molecule has 0 unspecified atom stereocenters. The van der Waals surface area contributed by atoms with Crippen LogP contribution in [-0.4, -0.2) is 24.7 Å². The maximum Gasteiger partial charge on any atom is 0.171 e. The molecule has 0 bridgehead atoms. The molecule has 9 heteroatoms. The third-order valence-corrected chi connectivity index (χ3v) is 5.53. The van der Waals surface area contributed by atoms with E-state index in [1.54, 1.807) is 16.8 Å². The molecular formula is C20H24ClFN6S. The normalized spacial score (nSPS) is 11.0. The second kappa shape index (κ2) is 8.92. The van der Waals surface area contributed by atoms with E-state index in [4.69, 9.17) is 23.8 Å². The Morgan fingerprint density at radius 3 is 2.62 bits per heavy atom. The van der Waals surface area contributed by atoms with Gasteiger partial charge in [0.2, 0.25) is 0 Å². The molecule has 0 aliphatic carbocycles. The number of halogens is 2. The van der Waals surface area contributed by atoms with E-state index in [-0.39, 0.29) is 12.4 Å². The Hall–Kier alpha value is -2.45. The van der Waals surface area contributed by atoms with Crippen LogP contribution in [0.4, 0.5) is 10.1 Å². The van der Waals surface area contributed by atoms with Crippen molar-refractivity contribution in [2.45, 2.75) is 47.3 Å². The molecule has 2 N–H and O–H groups in total. The van der Waals surface area contributed by atoms with Crippen LogP contribution in [0.15, 0.2) is 24.4 Å². The van der Waals surface area contributed by atoms with Crippen molar-refractivity contribution in [1.29, 1.82) is 0 Å². The molecule has 6 nitrogen and oxygen atoms in total. The Kier molecular flexibility index (Phi) is 6.54. The number of rotatable bonds is 6. The molecule has 0 fully saturated rings. The number of aryl methyl sites for hydroxylation is 2. The molecule has 154 valence electrons. The van der Waals surface area contributed by atoms with Crippen LogP contribution in [0.25, 0.3) is 0 Å². The summed E-state index contributed by atoms with van der Waals surface area (Å²) in [4.78, 5) is 0. The minimum absolute atomic E-state index is 0.245. The van der Waals surface area contributed by atoms with Gasteiger partial charge in [0.1, 0.15) is 5.82 Å². The predicted octanol–water partition coefficient (Wildman–Crippen LogP) is 4.35. The van der Waals surface area contributed by atoms with Crippen LogP contribution < -0.4 is 10.6 Å². The fraction of sp³-hybridized carbons (Fsp3) is 0.350. The number of aromatic nitrogens is 4. The first-order valence-corrected chi connectivity index (χ1v) is 10.1. The van der Waals surface area contributed by atoms with Gasteiger partial charge in [-0.3, -0.25) is 9.36 Å². The third-order valence-electron chi connectivity index (χ3n) is 4.93. The molecule has 2 aromatic heterocycles. The summed E-state index contributed by atoms with van der Waals surface area (Å²) in [6, 6.07) is 4.66. The Bertz CT molecular complexity index is 1020. The van der Waals surface area contributed by atoms with E-state index in [1.807, 2.05) is 31.6 Å². The van der Waals surface area contributed by atoms with Crippen molar-refractivity contribution in [3.8, 4) is 0 Å². The second-order valence-electron chi connectivity index (χ2n) is 6.78. The summed E-state index contributed by atoms with van der Waals surface area (Å²) in [5.41, 5.74) is 5.04. The van der Waals surface area contributed by atoms with Crippen LogP contribution in [0.5, 0.6) is 0 Å². The monoisotopic (exact) mass is 434 g/mol. The van der Waals surface area contributed by atoms with Crippen molar-refractivity contribution in [2.75, 3.05) is 5.32 Å². The molecule has 1 aromatic carbocycles. The molecule has 0 saturated carbocycles. The van der Waals surface area contributed by atoms with E-state index < -0.39 is 0 Å². The highest BCUT2D eigenvalue weighted by Gasteiger charge is 2.16. The molecule has 3 aromatic rings. The van der Waals surface area contributed by atoms with Crippen molar-refractivity contribution in [2.24, 2.45) is 0 Å². The quantitative estimate of drug-likeness (QED) is 0.565. The molecule has 0 aliphatic rings. The average molecular weight is 435 g/mol. The van der Waals surface area contributed by atoms with Gasteiger partial charge < -0.3 is 10.6 Å². The van der Waals surface area contributed by atoms with E-state index in [0.717, 1.165) is 34.9 Å². The average Bonchev–Trinajstić information content (AvgIpc) is 3.17. The summed E-state index contributed by atoms with van der Waals surface area (Å²) in [5.74, 6) is -0.347. The van der Waals surface area contributed by atoms with Crippen molar-refractivity contribution in [1.82, 2.24) is 24.9 Å². The molecule has 0 amide bonds. The summed E-state index contributed by atoms with van der Waals surface area (Å²) < 4.78 is 17.8. The molecule has 29 heavy (non-hydrogen) atoms. The van der Waals surface area contributed by atoms with Crippen molar-refractivity contribution < 1.29 is 4.39 Å². The lowest BCUT2D eigenvalue weighted by Crippen LogP contribution is -2.28. The van der Waals surface area contributed by atoms with Gasteiger partial charge in [0.05, 0.1) is 29.8 Å². The molecule has 0 radical (unpaired) electrons. The summed E-state index contributed by atoms with van der Waals surface area (Å²) >= 11 is 11.6. The molecule has 0 spiro atoms. The van der Waals surface area contributed by atoms with Gasteiger partial charge in [-0.2, -0.15) is 10.2 Å². The molecule has 0 aliphatic heterocycles. The zero-order chi connectivity index (χ0) is 21.1. The highest BCUT2D eigenvalue weighted by molar-refractivity contribution is 7.80. The zero-order valence-corrected chi connectivity index (χ0v) is 18.5. The standard InChI is InChI=1S/C20H24ClFN6S/c1-5-27-13(3)15(10-24-27)9-23-20(29)25-19-12(2)26-28(14(19)4)11-16-17(21)7-6-8-18(16)22/h6-8,10H,5,9,11H2,1-4H3,(H2,23,25,29). The van der Waals surface area contributed by atoms with Gasteiger partial charge in [0.15, 0.2) is 5.11 Å². The highest BCUT2D eigenvalue weighted by atomic mass is 35.5. The van der Waals surface area contributed by atoms with Crippen LogP contribution >= 0.6 is 23.8 Å². The van der Waals surface area contributed by atoms with Crippen LogP contribution in [0.2, 0.25) is 5.02 Å². The van der Waals surface area contributed by atoms with Gasteiger partial charge in [0, 0.05) is 34.9 Å². The van der Waals surface area contributed by atoms with E-state index in [0.29, 0.717) is 22.2 Å². The Balaban J connectivity index is 1.69. The molecule has 0 saturated heterocycles. The van der Waals surface area contributed by atoms with E-state index in [2.05, 4.69) is 27.8 Å². The highest BCUT2D eigenvalue weighted by Crippen LogP contribution is 2.24. The molecule has 3 rings (SSSR count). The summed E-state index contributed by atoms with van der Waals surface area (Å²) in [6.45, 7) is 9.54. The Morgan fingerprint density at radius 1 is 1.21 bits per heavy atom. The minimum atomic E-state index is -0.347. The van der Waals surface area contributed by atoms with Crippen LogP contribution in [0.1, 0.15) is 35.1 Å². The first-order chi connectivity index (χ1) is 13.8. The molecule has 2 heterocycles. The largest absolute Gasteiger partial charge is 0.358 e. The number of thiocarbonyl (C=S) groups is 1. The second-order valence-corrected chi connectivity index (χ2v) is 7.60. The summed E-state index contributed by atoms with van der Waals surface area (Å²) in [5, 5.41) is 16.1. The molecule has 0 atom stereocenters. The fourth-order valence-electron chi connectivity index (χ4n) is 3.18. The van der Waals surface area contributed by atoms with Gasteiger partial charge >= 0.3 is 0 Å².